The van der Waals surface area contributed by atoms with Crippen molar-refractivity contribution >= 4 is 45.9 Å². The highest BCUT2D eigenvalue weighted by Gasteiger charge is 2.22. The Balaban J connectivity index is 1.58. The maximum atomic E-state index is 13.1. The van der Waals surface area contributed by atoms with Gasteiger partial charge in [0.05, 0.1) is 11.6 Å². The van der Waals surface area contributed by atoms with Crippen LogP contribution in [0.4, 0.5) is 5.69 Å². The molecule has 0 saturated heterocycles. The van der Waals surface area contributed by atoms with Crippen molar-refractivity contribution in [1.29, 1.82) is 0 Å². The first-order valence-corrected chi connectivity index (χ1v) is 11.6. The fourth-order valence-electron chi connectivity index (χ4n) is 3.73. The quantitative estimate of drug-likeness (QED) is 0.331. The number of hydrogen-bond acceptors (Lipinski definition) is 3. The summed E-state index contributed by atoms with van der Waals surface area (Å²) in [5, 5.41) is 6.64. The Labute approximate surface area is 208 Å². The smallest absolute Gasteiger partial charge is 0.328 e. The Morgan fingerprint density at radius 2 is 1.63 bits per heavy atom. The van der Waals surface area contributed by atoms with Crippen molar-refractivity contribution in [3.63, 3.8) is 0 Å². The molecular formula is C27H25ClN4O3. The van der Waals surface area contributed by atoms with Crippen LogP contribution in [-0.4, -0.2) is 22.4 Å². The van der Waals surface area contributed by atoms with Crippen LogP contribution >= 0.6 is 11.6 Å². The van der Waals surface area contributed by atoms with E-state index in [2.05, 4.69) is 23.0 Å². The lowest BCUT2D eigenvalue weighted by molar-refractivity contribution is -0.137. The Morgan fingerprint density at radius 1 is 0.914 bits per heavy atom. The molecular weight excluding hydrogens is 464 g/mol. The van der Waals surface area contributed by atoms with Crippen LogP contribution in [0.1, 0.15) is 41.5 Å². The lowest BCUT2D eigenvalue weighted by atomic mass is 10.1. The molecule has 178 valence electrons. The molecule has 1 aromatic heterocycles. The third kappa shape index (κ3) is 5.53. The SMILES string of the molecule is CCc1ccc(NC(=O)c2cc3cc(Cl)ccc3n2NC(=O)C(=O)N[C@@H](C)c2ccccc2)cc1. The summed E-state index contributed by atoms with van der Waals surface area (Å²) < 4.78 is 1.30. The number of carbonyl (C=O) groups is 3. The van der Waals surface area contributed by atoms with E-state index >= 15 is 0 Å². The van der Waals surface area contributed by atoms with Crippen LogP contribution in [0, 0.1) is 0 Å². The van der Waals surface area contributed by atoms with Crippen LogP contribution < -0.4 is 16.1 Å². The van der Waals surface area contributed by atoms with E-state index in [-0.39, 0.29) is 11.7 Å². The predicted octanol–water partition coefficient (Wildman–Crippen LogP) is 5.06. The number of fused-ring (bicyclic) bond motifs is 1. The number of benzene rings is 3. The van der Waals surface area contributed by atoms with Crippen LogP contribution in [0.5, 0.6) is 0 Å². The average Bonchev–Trinajstić information content (AvgIpc) is 3.22. The predicted molar refractivity (Wildman–Crippen MR) is 138 cm³/mol. The van der Waals surface area contributed by atoms with Crippen LogP contribution in [0.3, 0.4) is 0 Å². The van der Waals surface area contributed by atoms with Gasteiger partial charge >= 0.3 is 11.8 Å². The monoisotopic (exact) mass is 488 g/mol. The van der Waals surface area contributed by atoms with Gasteiger partial charge in [0.25, 0.3) is 5.91 Å². The Hall–Kier alpha value is -4.10. The van der Waals surface area contributed by atoms with Crippen LogP contribution in [-0.2, 0) is 16.0 Å². The number of nitrogens with one attached hydrogen (secondary N) is 3. The maximum Gasteiger partial charge on any atom is 0.328 e. The van der Waals surface area contributed by atoms with E-state index < -0.39 is 17.7 Å². The van der Waals surface area contributed by atoms with Gasteiger partial charge in [-0.2, -0.15) is 0 Å². The number of rotatable bonds is 6. The minimum absolute atomic E-state index is 0.152. The van der Waals surface area contributed by atoms with E-state index in [4.69, 9.17) is 11.6 Å². The summed E-state index contributed by atoms with van der Waals surface area (Å²) in [5.41, 5.74) is 5.86. The minimum atomic E-state index is -0.901. The van der Waals surface area contributed by atoms with Crippen LogP contribution in [0.25, 0.3) is 10.9 Å². The average molecular weight is 489 g/mol. The molecule has 3 amide bonds. The largest absolute Gasteiger partial charge is 0.341 e. The molecule has 3 aromatic carbocycles. The molecule has 0 spiro atoms. The molecule has 1 heterocycles. The first-order valence-electron chi connectivity index (χ1n) is 11.2. The van der Waals surface area contributed by atoms with Crippen molar-refractivity contribution in [3.8, 4) is 0 Å². The minimum Gasteiger partial charge on any atom is -0.341 e. The van der Waals surface area contributed by atoms with Gasteiger partial charge in [-0.15, -0.1) is 0 Å². The highest BCUT2D eigenvalue weighted by Crippen LogP contribution is 2.24. The van der Waals surface area contributed by atoms with Gasteiger partial charge < -0.3 is 10.6 Å². The molecule has 4 rings (SSSR count). The van der Waals surface area contributed by atoms with Crippen molar-refractivity contribution in [1.82, 2.24) is 9.99 Å². The van der Waals surface area contributed by atoms with E-state index in [1.54, 1.807) is 31.2 Å². The van der Waals surface area contributed by atoms with Crippen LogP contribution in [0.2, 0.25) is 5.02 Å². The van der Waals surface area contributed by atoms with Crippen molar-refractivity contribution in [2.24, 2.45) is 0 Å². The fourth-order valence-corrected chi connectivity index (χ4v) is 3.91. The highest BCUT2D eigenvalue weighted by molar-refractivity contribution is 6.38. The van der Waals surface area contributed by atoms with E-state index in [1.165, 1.54) is 4.68 Å². The zero-order valence-corrected chi connectivity index (χ0v) is 20.1. The number of aryl methyl sites for hydroxylation is 1. The molecule has 0 unspecified atom stereocenters. The van der Waals surface area contributed by atoms with Gasteiger partial charge in [0.2, 0.25) is 0 Å². The van der Waals surface area contributed by atoms with Gasteiger partial charge in [-0.3, -0.25) is 19.8 Å². The molecule has 0 bridgehead atoms. The lowest BCUT2D eigenvalue weighted by Gasteiger charge is -2.16. The topological polar surface area (TPSA) is 92.2 Å². The molecule has 4 aromatic rings. The lowest BCUT2D eigenvalue weighted by Crippen LogP contribution is -2.40. The molecule has 0 saturated carbocycles. The molecule has 0 aliphatic heterocycles. The highest BCUT2D eigenvalue weighted by atomic mass is 35.5. The van der Waals surface area contributed by atoms with Crippen molar-refractivity contribution in [2.75, 3.05) is 10.7 Å². The summed E-state index contributed by atoms with van der Waals surface area (Å²) in [4.78, 5) is 38.5. The number of anilines is 1. The molecule has 0 fully saturated rings. The molecule has 1 atom stereocenters. The summed E-state index contributed by atoms with van der Waals surface area (Å²) in [6.45, 7) is 3.84. The number of halogens is 1. The number of carbonyl (C=O) groups excluding carboxylic acids is 3. The summed E-state index contributed by atoms with van der Waals surface area (Å²) in [6, 6.07) is 23.1. The molecule has 0 radical (unpaired) electrons. The Morgan fingerprint density at radius 3 is 2.31 bits per heavy atom. The first-order chi connectivity index (χ1) is 16.9. The zero-order valence-electron chi connectivity index (χ0n) is 19.3. The van der Waals surface area contributed by atoms with Crippen molar-refractivity contribution in [2.45, 2.75) is 26.3 Å². The molecule has 8 heteroatoms. The summed E-state index contributed by atoms with van der Waals surface area (Å²) >= 11 is 6.13. The number of nitrogens with zero attached hydrogens (tertiary/aromatic N) is 1. The summed E-state index contributed by atoms with van der Waals surface area (Å²) in [6.07, 6.45) is 0.889. The Kier molecular flexibility index (Phi) is 7.17. The van der Waals surface area contributed by atoms with Gasteiger partial charge in [-0.1, -0.05) is 61.0 Å². The van der Waals surface area contributed by atoms with Gasteiger partial charge in [0, 0.05) is 16.1 Å². The molecule has 0 aliphatic carbocycles. The van der Waals surface area contributed by atoms with E-state index in [9.17, 15) is 14.4 Å². The molecule has 35 heavy (non-hydrogen) atoms. The summed E-state index contributed by atoms with van der Waals surface area (Å²) in [7, 11) is 0. The second kappa shape index (κ2) is 10.4. The second-order valence-electron chi connectivity index (χ2n) is 8.12. The van der Waals surface area contributed by atoms with Gasteiger partial charge in [-0.05, 0) is 60.9 Å². The van der Waals surface area contributed by atoms with Crippen LogP contribution in [0.15, 0.2) is 78.9 Å². The third-order valence-electron chi connectivity index (χ3n) is 5.68. The molecule has 0 aliphatic rings. The summed E-state index contributed by atoms with van der Waals surface area (Å²) in [5.74, 6) is -2.17. The van der Waals surface area contributed by atoms with Crippen molar-refractivity contribution in [3.05, 3.63) is 101 Å². The number of aromatic nitrogens is 1. The second-order valence-corrected chi connectivity index (χ2v) is 8.56. The number of hydrogen-bond donors (Lipinski definition) is 3. The Bertz CT molecular complexity index is 1380. The zero-order chi connectivity index (χ0) is 24.9. The number of amides is 3. The van der Waals surface area contributed by atoms with E-state index in [1.807, 2.05) is 54.6 Å². The van der Waals surface area contributed by atoms with E-state index in [0.29, 0.717) is 21.6 Å². The third-order valence-corrected chi connectivity index (χ3v) is 5.92. The molecule has 3 N–H and O–H groups in total. The van der Waals surface area contributed by atoms with Gasteiger partial charge in [0.15, 0.2) is 0 Å². The molecule has 7 nitrogen and oxygen atoms in total. The fraction of sp³-hybridized carbons (Fsp3) is 0.148. The maximum absolute atomic E-state index is 13.1. The standard InChI is InChI=1S/C27H25ClN4O3/c1-3-18-9-12-22(13-10-18)30-25(33)24-16-20-15-21(28)11-14-23(20)32(24)31-27(35)26(34)29-17(2)19-7-5-4-6-8-19/h4-17H,3H2,1-2H3,(H,29,34)(H,30,33)(H,31,35)/t17-/m0/s1. The first kappa shape index (κ1) is 24.0. The van der Waals surface area contributed by atoms with Gasteiger partial charge in [0.1, 0.15) is 5.69 Å². The van der Waals surface area contributed by atoms with Gasteiger partial charge in [-0.25, -0.2) is 4.68 Å². The normalized spacial score (nSPS) is 11.6. The van der Waals surface area contributed by atoms with Crippen molar-refractivity contribution < 1.29 is 14.4 Å². The van der Waals surface area contributed by atoms with E-state index in [0.717, 1.165) is 17.5 Å².